The van der Waals surface area contributed by atoms with Crippen LogP contribution < -0.4 is 10.5 Å². The molecule has 0 saturated carbocycles. The molecule has 0 bridgehead atoms. The summed E-state index contributed by atoms with van der Waals surface area (Å²) >= 11 is 0. The maximum Gasteiger partial charge on any atom is 0.406 e. The number of nitrogens with zero attached hydrogens (tertiary/aromatic N) is 1. The summed E-state index contributed by atoms with van der Waals surface area (Å²) in [6.45, 7) is -1.82. The summed E-state index contributed by atoms with van der Waals surface area (Å²) in [5, 5.41) is 9.79. The standard InChI is InChI=1S/C12H15F3N2O3/c1-20-9-4-2-3-8(10(9)18)11(19)17(6-5-16)7-12(13,14)15/h2-4,18H,5-7,16H2,1H3. The molecule has 112 valence electrons. The van der Waals surface area contributed by atoms with E-state index >= 15 is 0 Å². The van der Waals surface area contributed by atoms with Crippen molar-refractivity contribution in [3.8, 4) is 11.5 Å². The Kier molecular flexibility index (Phi) is 5.20. The van der Waals surface area contributed by atoms with E-state index < -0.39 is 24.4 Å². The molecule has 0 atom stereocenters. The van der Waals surface area contributed by atoms with Gasteiger partial charge in [0.2, 0.25) is 0 Å². The van der Waals surface area contributed by atoms with Crippen molar-refractivity contribution in [3.63, 3.8) is 0 Å². The number of hydrogen-bond donors (Lipinski definition) is 2. The minimum Gasteiger partial charge on any atom is -0.504 e. The molecule has 0 aliphatic rings. The van der Waals surface area contributed by atoms with Gasteiger partial charge < -0.3 is 20.5 Å². The lowest BCUT2D eigenvalue weighted by atomic mass is 10.1. The number of aromatic hydroxyl groups is 1. The third kappa shape index (κ3) is 4.02. The highest BCUT2D eigenvalue weighted by Gasteiger charge is 2.33. The molecule has 0 unspecified atom stereocenters. The average Bonchev–Trinajstić information content (AvgIpc) is 2.36. The number of rotatable bonds is 5. The Morgan fingerprint density at radius 2 is 2.10 bits per heavy atom. The van der Waals surface area contributed by atoms with E-state index in [1.165, 1.54) is 25.3 Å². The van der Waals surface area contributed by atoms with Crippen molar-refractivity contribution in [2.45, 2.75) is 6.18 Å². The maximum atomic E-state index is 12.4. The molecule has 1 aromatic rings. The quantitative estimate of drug-likeness (QED) is 0.859. The van der Waals surface area contributed by atoms with Gasteiger partial charge in [0.05, 0.1) is 12.7 Å². The van der Waals surface area contributed by atoms with Crippen molar-refractivity contribution in [1.29, 1.82) is 0 Å². The molecule has 8 heteroatoms. The van der Waals surface area contributed by atoms with Gasteiger partial charge in [0, 0.05) is 13.1 Å². The average molecular weight is 292 g/mol. The molecule has 1 amide bonds. The Labute approximate surface area is 113 Å². The van der Waals surface area contributed by atoms with Crippen LogP contribution in [-0.4, -0.2) is 48.8 Å². The molecule has 0 radical (unpaired) electrons. The lowest BCUT2D eigenvalue weighted by Crippen LogP contribution is -2.41. The number of carbonyl (C=O) groups is 1. The molecule has 0 aromatic heterocycles. The summed E-state index contributed by atoms with van der Waals surface area (Å²) in [7, 11) is 1.27. The van der Waals surface area contributed by atoms with Gasteiger partial charge in [-0.2, -0.15) is 13.2 Å². The topological polar surface area (TPSA) is 75.8 Å². The largest absolute Gasteiger partial charge is 0.504 e. The molecule has 1 aromatic carbocycles. The van der Waals surface area contributed by atoms with Crippen LogP contribution in [0.15, 0.2) is 18.2 Å². The van der Waals surface area contributed by atoms with Gasteiger partial charge in [-0.3, -0.25) is 4.79 Å². The minimum absolute atomic E-state index is 0.00978. The van der Waals surface area contributed by atoms with Crippen LogP contribution in [-0.2, 0) is 0 Å². The predicted molar refractivity (Wildman–Crippen MR) is 65.7 cm³/mol. The lowest BCUT2D eigenvalue weighted by molar-refractivity contribution is -0.140. The van der Waals surface area contributed by atoms with Crippen LogP contribution in [0.5, 0.6) is 11.5 Å². The second-order valence-corrected chi connectivity index (χ2v) is 3.99. The van der Waals surface area contributed by atoms with Gasteiger partial charge in [0.1, 0.15) is 6.54 Å². The Balaban J connectivity index is 3.06. The number of amides is 1. The molecule has 0 heterocycles. The Morgan fingerprint density at radius 3 is 2.60 bits per heavy atom. The summed E-state index contributed by atoms with van der Waals surface area (Å²) in [5.74, 6) is -1.44. The number of nitrogens with two attached hydrogens (primary N) is 1. The van der Waals surface area contributed by atoms with Crippen molar-refractivity contribution < 1.29 is 27.8 Å². The number of carbonyl (C=O) groups excluding carboxylic acids is 1. The highest BCUT2D eigenvalue weighted by atomic mass is 19.4. The number of halogens is 3. The zero-order valence-electron chi connectivity index (χ0n) is 10.8. The van der Waals surface area contributed by atoms with E-state index in [0.717, 1.165) is 0 Å². The molecule has 1 rings (SSSR count). The fraction of sp³-hybridized carbons (Fsp3) is 0.417. The summed E-state index contributed by atoms with van der Waals surface area (Å²) in [6, 6.07) is 4.02. The third-order valence-electron chi connectivity index (χ3n) is 2.51. The van der Waals surface area contributed by atoms with Gasteiger partial charge in [0.15, 0.2) is 11.5 Å². The molecule has 0 fully saturated rings. The Morgan fingerprint density at radius 1 is 1.45 bits per heavy atom. The fourth-order valence-corrected chi connectivity index (χ4v) is 1.65. The Hall–Kier alpha value is -1.96. The van der Waals surface area contributed by atoms with Gasteiger partial charge in [-0.05, 0) is 12.1 Å². The zero-order chi connectivity index (χ0) is 15.3. The summed E-state index contributed by atoms with van der Waals surface area (Å²) < 4.78 is 42.1. The van der Waals surface area contributed by atoms with Crippen LogP contribution in [0, 0.1) is 0 Å². The molecule has 0 spiro atoms. The first-order valence-electron chi connectivity index (χ1n) is 5.72. The van der Waals surface area contributed by atoms with E-state index in [1.54, 1.807) is 0 Å². The smallest absolute Gasteiger partial charge is 0.406 e. The normalized spacial score (nSPS) is 11.2. The molecule has 3 N–H and O–H groups in total. The van der Waals surface area contributed by atoms with E-state index in [-0.39, 0.29) is 24.4 Å². The van der Waals surface area contributed by atoms with Crippen molar-refractivity contribution in [1.82, 2.24) is 4.90 Å². The minimum atomic E-state index is -4.54. The van der Waals surface area contributed by atoms with Crippen molar-refractivity contribution in [2.75, 3.05) is 26.7 Å². The van der Waals surface area contributed by atoms with Crippen molar-refractivity contribution >= 4 is 5.91 Å². The molecule has 0 aliphatic heterocycles. The molecule has 0 aliphatic carbocycles. The van der Waals surface area contributed by atoms with E-state index in [4.69, 9.17) is 10.5 Å². The van der Waals surface area contributed by atoms with Crippen LogP contribution in [0.4, 0.5) is 13.2 Å². The van der Waals surface area contributed by atoms with Crippen LogP contribution in [0.2, 0.25) is 0 Å². The monoisotopic (exact) mass is 292 g/mol. The second-order valence-electron chi connectivity index (χ2n) is 3.99. The van der Waals surface area contributed by atoms with Gasteiger partial charge >= 0.3 is 6.18 Å². The SMILES string of the molecule is COc1cccc(C(=O)N(CCN)CC(F)(F)F)c1O. The fourth-order valence-electron chi connectivity index (χ4n) is 1.65. The molecule has 0 saturated heterocycles. The van der Waals surface area contributed by atoms with Crippen LogP contribution in [0.3, 0.4) is 0 Å². The molecular formula is C12H15F3N2O3. The number of benzene rings is 1. The highest BCUT2D eigenvalue weighted by Crippen LogP contribution is 2.30. The zero-order valence-corrected chi connectivity index (χ0v) is 10.8. The molecule has 5 nitrogen and oxygen atoms in total. The first kappa shape index (κ1) is 16.1. The first-order valence-corrected chi connectivity index (χ1v) is 5.72. The number of methoxy groups -OCH3 is 1. The number of phenolic OH excluding ortho intramolecular Hbond substituents is 1. The van der Waals surface area contributed by atoms with Gasteiger partial charge in [-0.1, -0.05) is 6.07 Å². The number of hydrogen-bond acceptors (Lipinski definition) is 4. The second kappa shape index (κ2) is 6.47. The van der Waals surface area contributed by atoms with Gasteiger partial charge in [0.25, 0.3) is 5.91 Å². The van der Waals surface area contributed by atoms with E-state index in [0.29, 0.717) is 4.90 Å². The summed E-state index contributed by atoms with van der Waals surface area (Å²) in [6.07, 6.45) is -4.54. The van der Waals surface area contributed by atoms with Gasteiger partial charge in [-0.15, -0.1) is 0 Å². The summed E-state index contributed by atoms with van der Waals surface area (Å²) in [5.41, 5.74) is 4.95. The maximum absolute atomic E-state index is 12.4. The number of ether oxygens (including phenoxy) is 1. The van der Waals surface area contributed by atoms with E-state index in [1.807, 2.05) is 0 Å². The van der Waals surface area contributed by atoms with Crippen molar-refractivity contribution in [3.05, 3.63) is 23.8 Å². The summed E-state index contributed by atoms with van der Waals surface area (Å²) in [4.78, 5) is 12.6. The van der Waals surface area contributed by atoms with Crippen LogP contribution >= 0.6 is 0 Å². The predicted octanol–water partition coefficient (Wildman–Crippen LogP) is 1.36. The number of phenols is 1. The highest BCUT2D eigenvalue weighted by molar-refractivity contribution is 5.97. The van der Waals surface area contributed by atoms with E-state index in [2.05, 4.69) is 0 Å². The van der Waals surface area contributed by atoms with E-state index in [9.17, 15) is 23.1 Å². The number of para-hydroxylation sites is 1. The first-order chi connectivity index (χ1) is 9.30. The molecular weight excluding hydrogens is 277 g/mol. The van der Waals surface area contributed by atoms with Gasteiger partial charge in [-0.25, -0.2) is 0 Å². The van der Waals surface area contributed by atoms with Crippen molar-refractivity contribution in [2.24, 2.45) is 5.73 Å². The van der Waals surface area contributed by atoms with Crippen LogP contribution in [0.1, 0.15) is 10.4 Å². The number of alkyl halides is 3. The third-order valence-corrected chi connectivity index (χ3v) is 2.51. The lowest BCUT2D eigenvalue weighted by Gasteiger charge is -2.24. The Bertz CT molecular complexity index is 478. The van der Waals surface area contributed by atoms with Crippen LogP contribution in [0.25, 0.3) is 0 Å². The molecule has 20 heavy (non-hydrogen) atoms.